The lowest BCUT2D eigenvalue weighted by molar-refractivity contribution is -0.140. The zero-order chi connectivity index (χ0) is 13.8. The molecule has 0 aromatic carbocycles. The lowest BCUT2D eigenvalue weighted by Gasteiger charge is -2.25. The maximum Gasteiger partial charge on any atom is 0.329 e. The zero-order valence-electron chi connectivity index (χ0n) is 11.2. The second-order valence-electron chi connectivity index (χ2n) is 5.60. The molecule has 0 heterocycles. The number of rotatable bonds is 7. The van der Waals surface area contributed by atoms with Gasteiger partial charge in [-0.3, -0.25) is 0 Å². The molecule has 6 nitrogen and oxygen atoms in total. The predicted octanol–water partition coefficient (Wildman–Crippen LogP) is 0.965. The van der Waals surface area contributed by atoms with Crippen LogP contribution in [0.2, 0.25) is 0 Å². The van der Waals surface area contributed by atoms with E-state index in [-0.39, 0.29) is 5.41 Å². The van der Waals surface area contributed by atoms with Gasteiger partial charge >= 0.3 is 12.0 Å². The smallest absolute Gasteiger partial charge is 0.329 e. The van der Waals surface area contributed by atoms with Gasteiger partial charge < -0.3 is 20.5 Å². The Labute approximate surface area is 107 Å². The molecule has 1 rings (SSSR count). The molecule has 0 unspecified atom stereocenters. The number of amides is 2. The third-order valence-corrected chi connectivity index (χ3v) is 3.22. The Morgan fingerprint density at radius 1 is 1.39 bits per heavy atom. The second kappa shape index (κ2) is 5.56. The van der Waals surface area contributed by atoms with Crippen LogP contribution in [0.15, 0.2) is 0 Å². The summed E-state index contributed by atoms with van der Waals surface area (Å²) in [6.45, 7) is 5.17. The van der Waals surface area contributed by atoms with E-state index in [1.165, 1.54) is 0 Å². The van der Waals surface area contributed by atoms with Crippen molar-refractivity contribution in [1.82, 2.24) is 10.6 Å². The summed E-state index contributed by atoms with van der Waals surface area (Å²) in [5.41, 5.74) is -1.10. The van der Waals surface area contributed by atoms with Crippen molar-refractivity contribution in [2.75, 3.05) is 20.3 Å². The van der Waals surface area contributed by atoms with E-state index in [9.17, 15) is 9.59 Å². The van der Waals surface area contributed by atoms with Crippen LogP contribution in [0.5, 0.6) is 0 Å². The number of hydrogen-bond acceptors (Lipinski definition) is 3. The van der Waals surface area contributed by atoms with Gasteiger partial charge in [-0.2, -0.15) is 0 Å². The molecule has 3 N–H and O–H groups in total. The van der Waals surface area contributed by atoms with Crippen molar-refractivity contribution in [2.24, 2.45) is 5.41 Å². The van der Waals surface area contributed by atoms with Crippen LogP contribution < -0.4 is 10.6 Å². The summed E-state index contributed by atoms with van der Waals surface area (Å²) in [6.07, 6.45) is 1.83. The van der Waals surface area contributed by atoms with Gasteiger partial charge in [-0.05, 0) is 24.7 Å². The Morgan fingerprint density at radius 2 is 2.00 bits per heavy atom. The summed E-state index contributed by atoms with van der Waals surface area (Å²) in [5, 5.41) is 14.2. The van der Waals surface area contributed by atoms with E-state index in [1.54, 1.807) is 7.11 Å². The van der Waals surface area contributed by atoms with Crippen molar-refractivity contribution in [1.29, 1.82) is 0 Å². The Bertz CT molecular complexity index is 324. The van der Waals surface area contributed by atoms with Gasteiger partial charge in [0.25, 0.3) is 0 Å². The summed E-state index contributed by atoms with van der Waals surface area (Å²) in [5.74, 6) is -0.962. The van der Waals surface area contributed by atoms with Crippen molar-refractivity contribution in [3.63, 3.8) is 0 Å². The summed E-state index contributed by atoms with van der Waals surface area (Å²) in [4.78, 5) is 22.5. The first-order valence-corrected chi connectivity index (χ1v) is 6.10. The van der Waals surface area contributed by atoms with E-state index in [0.29, 0.717) is 26.0 Å². The van der Waals surface area contributed by atoms with E-state index >= 15 is 0 Å². The molecule has 0 radical (unpaired) electrons. The molecule has 0 saturated heterocycles. The molecule has 2 amide bonds. The normalized spacial score (nSPS) is 17.1. The number of ether oxygens (including phenoxy) is 1. The number of methoxy groups -OCH3 is 1. The minimum Gasteiger partial charge on any atom is -0.480 e. The van der Waals surface area contributed by atoms with Gasteiger partial charge in [0.2, 0.25) is 0 Å². The third-order valence-electron chi connectivity index (χ3n) is 3.22. The van der Waals surface area contributed by atoms with Crippen LogP contribution in [0, 0.1) is 5.41 Å². The molecule has 0 spiro atoms. The third kappa shape index (κ3) is 4.18. The van der Waals surface area contributed by atoms with Crippen LogP contribution in [0.3, 0.4) is 0 Å². The molecule has 0 aromatic heterocycles. The molecular formula is C12H22N2O4. The highest BCUT2D eigenvalue weighted by molar-refractivity contribution is 5.88. The van der Waals surface area contributed by atoms with E-state index in [0.717, 1.165) is 6.42 Å². The molecule has 0 atom stereocenters. The minimum absolute atomic E-state index is 0.0761. The summed E-state index contributed by atoms with van der Waals surface area (Å²) >= 11 is 0. The maximum absolute atomic E-state index is 11.6. The molecule has 6 heteroatoms. The topological polar surface area (TPSA) is 87.7 Å². The van der Waals surface area contributed by atoms with Gasteiger partial charge in [0.1, 0.15) is 5.54 Å². The number of carboxylic acids is 1. The van der Waals surface area contributed by atoms with Crippen molar-refractivity contribution in [2.45, 2.75) is 38.6 Å². The number of hydrogen-bond donors (Lipinski definition) is 3. The maximum atomic E-state index is 11.6. The summed E-state index contributed by atoms with van der Waals surface area (Å²) in [7, 11) is 1.64. The van der Waals surface area contributed by atoms with Crippen LogP contribution in [-0.2, 0) is 9.53 Å². The van der Waals surface area contributed by atoms with Crippen LogP contribution in [0.1, 0.15) is 33.1 Å². The fourth-order valence-corrected chi connectivity index (χ4v) is 1.57. The Kier molecular flexibility index (Phi) is 4.56. The molecular weight excluding hydrogens is 236 g/mol. The molecule has 0 aromatic rings. The van der Waals surface area contributed by atoms with Crippen LogP contribution in [0.25, 0.3) is 0 Å². The molecule has 1 fully saturated rings. The highest BCUT2D eigenvalue weighted by Gasteiger charge is 2.51. The fourth-order valence-electron chi connectivity index (χ4n) is 1.57. The Morgan fingerprint density at radius 3 is 2.44 bits per heavy atom. The van der Waals surface area contributed by atoms with Crippen LogP contribution in [0.4, 0.5) is 4.79 Å². The van der Waals surface area contributed by atoms with Crippen molar-refractivity contribution in [3.8, 4) is 0 Å². The lowest BCUT2D eigenvalue weighted by atomic mass is 9.90. The first kappa shape index (κ1) is 14.8. The molecule has 0 bridgehead atoms. The number of nitrogens with one attached hydrogen (secondary N) is 2. The highest BCUT2D eigenvalue weighted by atomic mass is 16.5. The van der Waals surface area contributed by atoms with Gasteiger partial charge in [-0.15, -0.1) is 0 Å². The Hall–Kier alpha value is -1.30. The first-order chi connectivity index (χ1) is 8.31. The van der Waals surface area contributed by atoms with Gasteiger partial charge in [-0.1, -0.05) is 13.8 Å². The van der Waals surface area contributed by atoms with Crippen LogP contribution in [-0.4, -0.2) is 42.9 Å². The monoisotopic (exact) mass is 258 g/mol. The molecule has 104 valence electrons. The first-order valence-electron chi connectivity index (χ1n) is 6.10. The average Bonchev–Trinajstić information content (AvgIpc) is 3.05. The molecule has 18 heavy (non-hydrogen) atoms. The van der Waals surface area contributed by atoms with Crippen molar-refractivity contribution >= 4 is 12.0 Å². The van der Waals surface area contributed by atoms with Crippen molar-refractivity contribution < 1.29 is 19.4 Å². The molecule has 0 aliphatic heterocycles. The molecule has 1 saturated carbocycles. The zero-order valence-corrected chi connectivity index (χ0v) is 11.2. The number of carbonyl (C=O) groups is 2. The van der Waals surface area contributed by atoms with E-state index in [1.807, 2.05) is 13.8 Å². The van der Waals surface area contributed by atoms with Crippen LogP contribution >= 0.6 is 0 Å². The van der Waals surface area contributed by atoms with Gasteiger partial charge in [0, 0.05) is 20.3 Å². The molecule has 1 aliphatic rings. The van der Waals surface area contributed by atoms with E-state index in [2.05, 4.69) is 10.6 Å². The second-order valence-corrected chi connectivity index (χ2v) is 5.60. The van der Waals surface area contributed by atoms with Crippen molar-refractivity contribution in [3.05, 3.63) is 0 Å². The summed E-state index contributed by atoms with van der Waals surface area (Å²) < 4.78 is 5.00. The van der Waals surface area contributed by atoms with Gasteiger partial charge in [0.15, 0.2) is 0 Å². The minimum atomic E-state index is -1.03. The highest BCUT2D eigenvalue weighted by Crippen LogP contribution is 2.35. The van der Waals surface area contributed by atoms with E-state index in [4.69, 9.17) is 9.84 Å². The number of carboxylic acid groups (broad SMARTS) is 1. The number of carbonyl (C=O) groups excluding carboxylic acids is 1. The fraction of sp³-hybridized carbons (Fsp3) is 0.833. The van der Waals surface area contributed by atoms with Gasteiger partial charge in [-0.25, -0.2) is 9.59 Å². The quantitative estimate of drug-likeness (QED) is 0.635. The lowest BCUT2D eigenvalue weighted by Crippen LogP contribution is -2.49. The largest absolute Gasteiger partial charge is 0.480 e. The number of urea groups is 1. The SMILES string of the molecule is COCCC(C)(C)CNC(=O)NC1(C(=O)O)CC1. The Balaban J connectivity index is 2.31. The standard InChI is InChI=1S/C12H22N2O4/c1-11(2,6-7-18-3)8-13-10(17)14-12(4-5-12)9(15)16/h4-8H2,1-3H3,(H,15,16)(H2,13,14,17). The predicted molar refractivity (Wildman–Crippen MR) is 66.4 cm³/mol. The number of aliphatic carboxylic acids is 1. The average molecular weight is 258 g/mol. The molecule has 1 aliphatic carbocycles. The van der Waals surface area contributed by atoms with E-state index < -0.39 is 17.5 Å². The summed E-state index contributed by atoms with van der Waals surface area (Å²) in [6, 6.07) is -0.416. The van der Waals surface area contributed by atoms with Gasteiger partial charge in [0.05, 0.1) is 0 Å².